The number of rotatable bonds is 6. The number of hydrogen-bond acceptors (Lipinski definition) is 9. The summed E-state index contributed by atoms with van der Waals surface area (Å²) in [6.07, 6.45) is 1.66. The minimum atomic E-state index is -0.206. The highest BCUT2D eigenvalue weighted by Gasteiger charge is 2.34. The highest BCUT2D eigenvalue weighted by molar-refractivity contribution is 6.15. The molecule has 3 aromatic rings. The maximum absolute atomic E-state index is 13.3. The highest BCUT2D eigenvalue weighted by Crippen LogP contribution is 2.43. The van der Waals surface area contributed by atoms with Gasteiger partial charge in [-0.25, -0.2) is 0 Å². The maximum Gasteiger partial charge on any atom is 0.231 e. The van der Waals surface area contributed by atoms with Crippen LogP contribution < -0.4 is 33.2 Å². The Bertz CT molecular complexity index is 1430. The van der Waals surface area contributed by atoms with Gasteiger partial charge in [-0.1, -0.05) is 6.07 Å². The van der Waals surface area contributed by atoms with E-state index in [2.05, 4.69) is 4.90 Å². The molecule has 0 aromatic heterocycles. The summed E-state index contributed by atoms with van der Waals surface area (Å²) in [7, 11) is 4.66. The molecule has 0 spiro atoms. The predicted octanol–water partition coefficient (Wildman–Crippen LogP) is 4.41. The van der Waals surface area contributed by atoms with Gasteiger partial charge >= 0.3 is 0 Å². The Morgan fingerprint density at radius 2 is 1.62 bits per heavy atom. The summed E-state index contributed by atoms with van der Waals surface area (Å²) in [5.41, 5.74) is 3.03. The highest BCUT2D eigenvalue weighted by atomic mass is 16.7. The quantitative estimate of drug-likeness (QED) is 0.454. The first-order valence-corrected chi connectivity index (χ1v) is 11.7. The standard InChI is InChI=1S/C28H25NO8/c1-31-22-11-24(33-3)23(32-2)9-17(22)10-26-27(30)18-5-7-20-19(28(18)37-26)13-29(14-34-20)12-16-4-6-21-25(8-16)36-15-35-21/h4-11H,12-15H2,1-3H3/b26-10-. The molecule has 0 unspecified atom stereocenters. The second-order valence-electron chi connectivity index (χ2n) is 8.76. The van der Waals surface area contributed by atoms with Crippen molar-refractivity contribution in [2.75, 3.05) is 34.9 Å². The molecule has 190 valence electrons. The summed E-state index contributed by atoms with van der Waals surface area (Å²) in [4.78, 5) is 15.4. The number of hydrogen-bond donors (Lipinski definition) is 0. The summed E-state index contributed by atoms with van der Waals surface area (Å²) < 4.78 is 39.4. The predicted molar refractivity (Wildman–Crippen MR) is 133 cm³/mol. The van der Waals surface area contributed by atoms with Crippen molar-refractivity contribution >= 4 is 11.9 Å². The molecule has 0 bridgehead atoms. The zero-order valence-electron chi connectivity index (χ0n) is 20.7. The first-order valence-electron chi connectivity index (χ1n) is 11.7. The summed E-state index contributed by atoms with van der Waals surface area (Å²) in [5.74, 6) is 4.27. The van der Waals surface area contributed by atoms with Crippen LogP contribution in [0.25, 0.3) is 6.08 Å². The molecular formula is C28H25NO8. The fraction of sp³-hybridized carbons (Fsp3) is 0.250. The number of Topliss-reactive ketones (excluding diaryl/α,β-unsaturated/α-hetero) is 1. The Labute approximate surface area is 213 Å². The SMILES string of the molecule is COc1cc(OC)c(OC)cc1/C=C1\Oc2c(ccc3c2CN(Cc2ccc4c(c2)OCO4)CO3)C1=O. The number of carbonyl (C=O) groups is 1. The molecule has 0 atom stereocenters. The zero-order chi connectivity index (χ0) is 25.5. The van der Waals surface area contributed by atoms with Gasteiger partial charge in [-0.15, -0.1) is 0 Å². The van der Waals surface area contributed by atoms with Crippen molar-refractivity contribution in [3.63, 3.8) is 0 Å². The monoisotopic (exact) mass is 503 g/mol. The van der Waals surface area contributed by atoms with E-state index < -0.39 is 0 Å². The van der Waals surface area contributed by atoms with Gasteiger partial charge in [0.15, 0.2) is 28.8 Å². The number of allylic oxidation sites excluding steroid dienone is 1. The van der Waals surface area contributed by atoms with Gasteiger partial charge < -0.3 is 33.2 Å². The zero-order valence-corrected chi connectivity index (χ0v) is 20.7. The fourth-order valence-electron chi connectivity index (χ4n) is 4.71. The van der Waals surface area contributed by atoms with Crippen molar-refractivity contribution in [3.05, 3.63) is 70.5 Å². The maximum atomic E-state index is 13.3. The second kappa shape index (κ2) is 9.25. The molecule has 9 heteroatoms. The molecule has 0 N–H and O–H groups in total. The van der Waals surface area contributed by atoms with E-state index in [0.29, 0.717) is 59.7 Å². The van der Waals surface area contributed by atoms with Crippen molar-refractivity contribution in [3.8, 4) is 40.2 Å². The molecule has 0 radical (unpaired) electrons. The number of methoxy groups -OCH3 is 3. The Balaban J connectivity index is 1.28. The molecule has 0 fully saturated rings. The van der Waals surface area contributed by atoms with Gasteiger partial charge in [-0.2, -0.15) is 0 Å². The number of fused-ring (bicyclic) bond motifs is 4. The van der Waals surface area contributed by atoms with E-state index in [9.17, 15) is 4.79 Å². The topological polar surface area (TPSA) is 84.9 Å². The third kappa shape index (κ3) is 4.07. The molecule has 3 aliphatic heterocycles. The van der Waals surface area contributed by atoms with Gasteiger partial charge in [0.25, 0.3) is 0 Å². The molecule has 9 nitrogen and oxygen atoms in total. The van der Waals surface area contributed by atoms with Crippen molar-refractivity contribution in [1.82, 2.24) is 4.90 Å². The average Bonchev–Trinajstić information content (AvgIpc) is 3.52. The molecule has 3 heterocycles. The molecule has 6 rings (SSSR count). The Hall–Kier alpha value is -4.37. The minimum absolute atomic E-state index is 0.196. The van der Waals surface area contributed by atoms with E-state index in [1.165, 1.54) is 0 Å². The van der Waals surface area contributed by atoms with E-state index in [-0.39, 0.29) is 18.3 Å². The lowest BCUT2D eigenvalue weighted by Crippen LogP contribution is -2.31. The van der Waals surface area contributed by atoms with Crippen LogP contribution in [0.1, 0.15) is 27.0 Å². The summed E-state index contributed by atoms with van der Waals surface area (Å²) in [6.45, 7) is 1.85. The van der Waals surface area contributed by atoms with E-state index in [0.717, 1.165) is 22.6 Å². The van der Waals surface area contributed by atoms with Gasteiger partial charge in [0.1, 0.15) is 24.0 Å². The Kier molecular flexibility index (Phi) is 5.77. The van der Waals surface area contributed by atoms with E-state index in [1.54, 1.807) is 45.6 Å². The van der Waals surface area contributed by atoms with Crippen LogP contribution in [0.4, 0.5) is 0 Å². The van der Waals surface area contributed by atoms with E-state index in [4.69, 9.17) is 33.2 Å². The minimum Gasteiger partial charge on any atom is -0.496 e. The normalized spacial score (nSPS) is 16.6. The van der Waals surface area contributed by atoms with Crippen molar-refractivity contribution < 1.29 is 38.0 Å². The third-order valence-electron chi connectivity index (χ3n) is 6.55. The van der Waals surface area contributed by atoms with Crippen LogP contribution in [0.2, 0.25) is 0 Å². The van der Waals surface area contributed by atoms with Gasteiger partial charge in [-0.05, 0) is 42.0 Å². The van der Waals surface area contributed by atoms with Crippen molar-refractivity contribution in [2.45, 2.75) is 13.1 Å². The largest absolute Gasteiger partial charge is 0.496 e. The lowest BCUT2D eigenvalue weighted by molar-refractivity contribution is 0.0872. The van der Waals surface area contributed by atoms with Crippen molar-refractivity contribution in [1.29, 1.82) is 0 Å². The van der Waals surface area contributed by atoms with Gasteiger partial charge in [-0.3, -0.25) is 9.69 Å². The molecule has 0 aliphatic carbocycles. The molecule has 0 saturated carbocycles. The van der Waals surface area contributed by atoms with Gasteiger partial charge in [0.05, 0.1) is 32.5 Å². The Morgan fingerprint density at radius 3 is 2.43 bits per heavy atom. The summed E-state index contributed by atoms with van der Waals surface area (Å²) in [5, 5.41) is 0. The fourth-order valence-corrected chi connectivity index (χ4v) is 4.71. The Morgan fingerprint density at radius 1 is 0.865 bits per heavy atom. The van der Waals surface area contributed by atoms with Gasteiger partial charge in [0.2, 0.25) is 12.6 Å². The van der Waals surface area contributed by atoms with Crippen LogP contribution in [0.3, 0.4) is 0 Å². The number of benzene rings is 3. The van der Waals surface area contributed by atoms with Crippen LogP contribution in [0.5, 0.6) is 40.2 Å². The summed E-state index contributed by atoms with van der Waals surface area (Å²) in [6, 6.07) is 12.9. The third-order valence-corrected chi connectivity index (χ3v) is 6.55. The molecular weight excluding hydrogens is 478 g/mol. The first kappa shape index (κ1) is 23.1. The average molecular weight is 504 g/mol. The lowest BCUT2D eigenvalue weighted by atomic mass is 10.0. The molecule has 3 aromatic carbocycles. The molecule has 0 amide bonds. The molecule has 3 aliphatic rings. The van der Waals surface area contributed by atoms with Crippen LogP contribution in [-0.4, -0.2) is 45.5 Å². The van der Waals surface area contributed by atoms with Gasteiger partial charge in [0, 0.05) is 24.7 Å². The van der Waals surface area contributed by atoms with Crippen molar-refractivity contribution in [2.24, 2.45) is 0 Å². The van der Waals surface area contributed by atoms with Crippen LogP contribution in [-0.2, 0) is 13.1 Å². The van der Waals surface area contributed by atoms with E-state index >= 15 is 0 Å². The number of ether oxygens (including phenoxy) is 7. The van der Waals surface area contributed by atoms with E-state index in [1.807, 2.05) is 24.3 Å². The number of ketones is 1. The summed E-state index contributed by atoms with van der Waals surface area (Å²) >= 11 is 0. The van der Waals surface area contributed by atoms with Crippen LogP contribution >= 0.6 is 0 Å². The molecule has 0 saturated heterocycles. The second-order valence-corrected chi connectivity index (χ2v) is 8.76. The molecule has 37 heavy (non-hydrogen) atoms. The lowest BCUT2D eigenvalue weighted by Gasteiger charge is -2.29. The number of carbonyl (C=O) groups excluding carboxylic acids is 1. The van der Waals surface area contributed by atoms with Crippen LogP contribution in [0, 0.1) is 0 Å². The van der Waals surface area contributed by atoms with Crippen LogP contribution in [0.15, 0.2) is 48.2 Å². The smallest absolute Gasteiger partial charge is 0.231 e. The number of nitrogens with zero attached hydrogens (tertiary/aromatic N) is 1. The first-order chi connectivity index (χ1) is 18.1.